The van der Waals surface area contributed by atoms with Gasteiger partial charge >= 0.3 is 0 Å². The van der Waals surface area contributed by atoms with E-state index in [1.54, 1.807) is 36.4 Å². The van der Waals surface area contributed by atoms with Crippen molar-refractivity contribution in [3.8, 4) is 0 Å². The Bertz CT molecular complexity index is 896. The van der Waals surface area contributed by atoms with Crippen LogP contribution >= 0.6 is 0 Å². The van der Waals surface area contributed by atoms with Crippen LogP contribution in [0.5, 0.6) is 0 Å². The van der Waals surface area contributed by atoms with Crippen molar-refractivity contribution < 1.29 is 13.2 Å². The lowest BCUT2D eigenvalue weighted by Crippen LogP contribution is -2.57. The molecule has 0 saturated carbocycles. The molecule has 2 aromatic heterocycles. The third-order valence-electron chi connectivity index (χ3n) is 4.49. The van der Waals surface area contributed by atoms with Crippen molar-refractivity contribution in [1.82, 2.24) is 29.1 Å². The van der Waals surface area contributed by atoms with Gasteiger partial charge in [0.05, 0.1) is 11.7 Å². The Hall–Kier alpha value is -2.30. The van der Waals surface area contributed by atoms with E-state index in [1.807, 2.05) is 13.0 Å². The molecule has 1 aliphatic heterocycles. The Morgan fingerprint density at radius 3 is 2.81 bits per heavy atom. The van der Waals surface area contributed by atoms with Crippen molar-refractivity contribution in [1.29, 1.82) is 0 Å². The number of hydrogen-bond donors (Lipinski definition) is 2. The summed E-state index contributed by atoms with van der Waals surface area (Å²) in [6, 6.07) is 2.32. The Kier molecular flexibility index (Phi) is 5.08. The van der Waals surface area contributed by atoms with E-state index in [9.17, 15) is 13.2 Å². The van der Waals surface area contributed by atoms with Gasteiger partial charge < -0.3 is 5.32 Å². The minimum atomic E-state index is -3.77. The summed E-state index contributed by atoms with van der Waals surface area (Å²) < 4.78 is 30.3. The molecule has 1 fully saturated rings. The molecule has 3 heterocycles. The summed E-state index contributed by atoms with van der Waals surface area (Å²) in [7, 11) is -0.589. The predicted molar refractivity (Wildman–Crippen MR) is 95.0 cm³/mol. The highest BCUT2D eigenvalue weighted by molar-refractivity contribution is 7.87. The first kappa shape index (κ1) is 18.5. The summed E-state index contributed by atoms with van der Waals surface area (Å²) >= 11 is 0. The zero-order valence-electron chi connectivity index (χ0n) is 14.9. The first-order valence-corrected chi connectivity index (χ1v) is 9.64. The van der Waals surface area contributed by atoms with E-state index < -0.39 is 22.3 Å². The van der Waals surface area contributed by atoms with Gasteiger partial charge in [-0.3, -0.25) is 14.5 Å². The third-order valence-corrected chi connectivity index (χ3v) is 6.08. The van der Waals surface area contributed by atoms with Gasteiger partial charge in [0.2, 0.25) is 5.91 Å². The smallest absolute Gasteiger partial charge is 0.280 e. The average Bonchev–Trinajstić information content (AvgIpc) is 2.94. The van der Waals surface area contributed by atoms with Crippen LogP contribution in [0.4, 0.5) is 0 Å². The molecule has 26 heavy (non-hydrogen) atoms. The van der Waals surface area contributed by atoms with E-state index in [4.69, 9.17) is 0 Å². The number of nitrogens with one attached hydrogen (secondary N) is 2. The third kappa shape index (κ3) is 3.76. The maximum atomic E-state index is 12.7. The number of hydrogen-bond acceptors (Lipinski definition) is 5. The molecule has 2 N–H and O–H groups in total. The minimum Gasteiger partial charge on any atom is -0.351 e. The highest BCUT2D eigenvalue weighted by Gasteiger charge is 2.41. The Labute approximate surface area is 152 Å². The molecule has 2 atom stereocenters. The number of rotatable bonds is 4. The van der Waals surface area contributed by atoms with Crippen LogP contribution in [0.3, 0.4) is 0 Å². The molecule has 0 aliphatic carbocycles. The lowest BCUT2D eigenvalue weighted by Gasteiger charge is -2.36. The summed E-state index contributed by atoms with van der Waals surface area (Å²) in [5.74, 6) is -0.340. The Morgan fingerprint density at radius 1 is 1.42 bits per heavy atom. The molecule has 140 valence electrons. The van der Waals surface area contributed by atoms with Crippen LogP contribution in [0.15, 0.2) is 30.7 Å². The van der Waals surface area contributed by atoms with Crippen molar-refractivity contribution in [2.45, 2.75) is 32.0 Å². The van der Waals surface area contributed by atoms with Gasteiger partial charge in [-0.05, 0) is 25.0 Å². The van der Waals surface area contributed by atoms with Crippen molar-refractivity contribution in [2.75, 3.05) is 7.05 Å². The van der Waals surface area contributed by atoms with Crippen molar-refractivity contribution in [2.24, 2.45) is 7.05 Å². The fourth-order valence-electron chi connectivity index (χ4n) is 3.08. The fraction of sp³-hybridized carbons (Fsp3) is 0.438. The number of aryl methyl sites for hydroxylation is 2. The molecule has 1 amide bonds. The van der Waals surface area contributed by atoms with E-state index >= 15 is 0 Å². The average molecular weight is 378 g/mol. The van der Waals surface area contributed by atoms with Gasteiger partial charge in [-0.1, -0.05) is 6.07 Å². The minimum absolute atomic E-state index is 0.293. The molecule has 1 aliphatic rings. The predicted octanol–water partition coefficient (Wildman–Crippen LogP) is 0.0195. The first-order valence-electron chi connectivity index (χ1n) is 8.20. The van der Waals surface area contributed by atoms with Crippen LogP contribution in [0.2, 0.25) is 0 Å². The van der Waals surface area contributed by atoms with E-state index in [2.05, 4.69) is 20.1 Å². The SMILES string of the molecule is Cc1nn(C)cc1C1CC(C(=O)NCc2cccnc2)N(C)S(=O)(=O)N1. The molecule has 10 heteroatoms. The molecule has 0 aromatic carbocycles. The van der Waals surface area contributed by atoms with Gasteiger partial charge in [0.15, 0.2) is 0 Å². The molecule has 1 saturated heterocycles. The van der Waals surface area contributed by atoms with Crippen LogP contribution in [0.25, 0.3) is 0 Å². The monoisotopic (exact) mass is 378 g/mol. The molecule has 2 unspecified atom stereocenters. The topological polar surface area (TPSA) is 109 Å². The Balaban J connectivity index is 1.78. The van der Waals surface area contributed by atoms with Crippen molar-refractivity contribution >= 4 is 16.1 Å². The van der Waals surface area contributed by atoms with Crippen LogP contribution in [0.1, 0.15) is 29.3 Å². The number of carbonyl (C=O) groups is 1. The van der Waals surface area contributed by atoms with Gasteiger partial charge in [-0.15, -0.1) is 0 Å². The summed E-state index contributed by atoms with van der Waals surface area (Å²) in [6.07, 6.45) is 5.41. The van der Waals surface area contributed by atoms with Gasteiger partial charge in [0, 0.05) is 44.8 Å². The summed E-state index contributed by atoms with van der Waals surface area (Å²) in [6.45, 7) is 2.11. The quantitative estimate of drug-likeness (QED) is 0.780. The second-order valence-corrected chi connectivity index (χ2v) is 8.13. The number of nitrogens with zero attached hydrogens (tertiary/aromatic N) is 4. The van der Waals surface area contributed by atoms with Crippen LogP contribution in [-0.2, 0) is 28.6 Å². The summed E-state index contributed by atoms with van der Waals surface area (Å²) in [5.41, 5.74) is 2.36. The second kappa shape index (κ2) is 7.14. The second-order valence-electron chi connectivity index (χ2n) is 6.37. The van der Waals surface area contributed by atoms with Gasteiger partial charge in [0.25, 0.3) is 10.2 Å². The lowest BCUT2D eigenvalue weighted by atomic mass is 10.00. The molecule has 2 aromatic rings. The standard InChI is InChI=1S/C16H22N6O3S/c1-11-13(10-21(2)19-11)14-7-15(22(3)26(24,25)20-14)16(23)18-9-12-5-4-6-17-8-12/h4-6,8,10,14-15,20H,7,9H2,1-3H3,(H,18,23). The highest BCUT2D eigenvalue weighted by atomic mass is 32.2. The number of amides is 1. The molecule has 0 spiro atoms. The van der Waals surface area contributed by atoms with Gasteiger partial charge in [-0.2, -0.15) is 22.5 Å². The lowest BCUT2D eigenvalue weighted by molar-refractivity contribution is -0.125. The largest absolute Gasteiger partial charge is 0.351 e. The zero-order valence-corrected chi connectivity index (χ0v) is 15.7. The molecule has 0 bridgehead atoms. The van der Waals surface area contributed by atoms with E-state index in [0.29, 0.717) is 13.0 Å². The number of pyridine rings is 1. The zero-order chi connectivity index (χ0) is 18.9. The van der Waals surface area contributed by atoms with Crippen molar-refractivity contribution in [3.05, 3.63) is 47.5 Å². The normalized spacial score (nSPS) is 22.9. The van der Waals surface area contributed by atoms with E-state index in [-0.39, 0.29) is 5.91 Å². The van der Waals surface area contributed by atoms with Crippen LogP contribution < -0.4 is 10.0 Å². The number of likely N-dealkylation sites (N-methyl/N-ethyl adjacent to an activating group) is 1. The molecule has 0 radical (unpaired) electrons. The summed E-state index contributed by atoms with van der Waals surface area (Å²) in [4.78, 5) is 16.7. The fourth-order valence-corrected chi connectivity index (χ4v) is 4.35. The number of aromatic nitrogens is 3. The van der Waals surface area contributed by atoms with Crippen LogP contribution in [0, 0.1) is 6.92 Å². The molecular formula is C16H22N6O3S. The Morgan fingerprint density at radius 2 is 2.19 bits per heavy atom. The molecule has 3 rings (SSSR count). The van der Waals surface area contributed by atoms with E-state index in [1.165, 1.54) is 7.05 Å². The molecular weight excluding hydrogens is 356 g/mol. The highest BCUT2D eigenvalue weighted by Crippen LogP contribution is 2.29. The van der Waals surface area contributed by atoms with Gasteiger partial charge in [0.1, 0.15) is 6.04 Å². The summed E-state index contributed by atoms with van der Waals surface area (Å²) in [5, 5.41) is 7.05. The van der Waals surface area contributed by atoms with Crippen molar-refractivity contribution in [3.63, 3.8) is 0 Å². The molecule has 9 nitrogen and oxygen atoms in total. The van der Waals surface area contributed by atoms with E-state index in [0.717, 1.165) is 21.1 Å². The maximum absolute atomic E-state index is 12.7. The van der Waals surface area contributed by atoms with Gasteiger partial charge in [-0.25, -0.2) is 0 Å². The van der Waals surface area contributed by atoms with Crippen LogP contribution in [-0.4, -0.2) is 46.5 Å². The maximum Gasteiger partial charge on any atom is 0.280 e. The first-order chi connectivity index (χ1) is 12.3. The number of carbonyl (C=O) groups excluding carboxylic acids is 1.